The van der Waals surface area contributed by atoms with Crippen molar-refractivity contribution in [2.24, 2.45) is 0 Å². The van der Waals surface area contributed by atoms with Crippen molar-refractivity contribution < 1.29 is 4.79 Å². The lowest BCUT2D eigenvalue weighted by Crippen LogP contribution is -2.36. The summed E-state index contributed by atoms with van der Waals surface area (Å²) in [5.74, 6) is 0.177. The monoisotopic (exact) mass is 330 g/mol. The zero-order valence-corrected chi connectivity index (χ0v) is 14.4. The van der Waals surface area contributed by atoms with Crippen LogP contribution in [0.5, 0.6) is 0 Å². The van der Waals surface area contributed by atoms with Crippen LogP contribution in [0, 0.1) is 0 Å². The lowest BCUT2D eigenvalue weighted by atomic mass is 9.79. The fourth-order valence-electron chi connectivity index (χ4n) is 3.30. The van der Waals surface area contributed by atoms with Crippen molar-refractivity contribution >= 4 is 29.7 Å². The van der Waals surface area contributed by atoms with Gasteiger partial charge >= 0.3 is 0 Å². The average Bonchev–Trinajstić information content (AvgIpc) is 2.77. The summed E-state index contributed by atoms with van der Waals surface area (Å²) in [4.78, 5) is 15.1. The number of carbonyl (C=O) groups excluding carboxylic acids is 1. The molecule has 0 aromatic heterocycles. The molecule has 0 radical (unpaired) electrons. The zero-order valence-electron chi connectivity index (χ0n) is 13.6. The summed E-state index contributed by atoms with van der Waals surface area (Å²) < 4.78 is 0. The van der Waals surface area contributed by atoms with Gasteiger partial charge in [0, 0.05) is 5.69 Å². The predicted molar refractivity (Wildman–Crippen MR) is 97.8 cm³/mol. The number of fused-ring (bicyclic) bond motifs is 1. The number of halogens is 1. The molecule has 4 heteroatoms. The summed E-state index contributed by atoms with van der Waals surface area (Å²) in [6.07, 6.45) is 1.84. The molecule has 23 heavy (non-hydrogen) atoms. The van der Waals surface area contributed by atoms with E-state index in [9.17, 15) is 4.79 Å². The van der Waals surface area contributed by atoms with Gasteiger partial charge in [0.2, 0.25) is 5.91 Å². The maximum atomic E-state index is 13.2. The summed E-state index contributed by atoms with van der Waals surface area (Å²) in [5, 5.41) is 3.17. The van der Waals surface area contributed by atoms with Gasteiger partial charge < -0.3 is 5.32 Å². The van der Waals surface area contributed by atoms with Crippen LogP contribution >= 0.6 is 12.4 Å². The van der Waals surface area contributed by atoms with Crippen molar-refractivity contribution in [3.05, 3.63) is 60.2 Å². The molecule has 0 saturated carbocycles. The van der Waals surface area contributed by atoms with Crippen LogP contribution in [0.15, 0.2) is 54.6 Å². The molecule has 0 spiro atoms. The zero-order chi connectivity index (χ0) is 15.6. The molecule has 122 valence electrons. The Morgan fingerprint density at radius 2 is 1.70 bits per heavy atom. The van der Waals surface area contributed by atoms with Gasteiger partial charge in [0.05, 0.1) is 11.1 Å². The van der Waals surface area contributed by atoms with Crippen molar-refractivity contribution in [3.8, 4) is 0 Å². The summed E-state index contributed by atoms with van der Waals surface area (Å²) in [7, 11) is 1.95. The quantitative estimate of drug-likeness (QED) is 0.839. The van der Waals surface area contributed by atoms with Gasteiger partial charge in [-0.1, -0.05) is 36.4 Å². The maximum absolute atomic E-state index is 13.2. The fraction of sp³-hybridized carbons (Fsp3) is 0.316. The van der Waals surface area contributed by atoms with Gasteiger partial charge in [-0.2, -0.15) is 0 Å². The van der Waals surface area contributed by atoms with Gasteiger partial charge in [0.25, 0.3) is 0 Å². The molecule has 2 aromatic carbocycles. The third-order valence-corrected chi connectivity index (χ3v) is 4.53. The lowest BCUT2D eigenvalue weighted by Gasteiger charge is -2.24. The SMILES string of the molecule is CNCCCC1(C)C(=O)N(c2ccccc2)c2ccccc21.Cl. The number of anilines is 2. The van der Waals surface area contributed by atoms with E-state index >= 15 is 0 Å². The third kappa shape index (κ3) is 2.99. The topological polar surface area (TPSA) is 32.3 Å². The van der Waals surface area contributed by atoms with E-state index in [-0.39, 0.29) is 18.3 Å². The normalized spacial score (nSPS) is 19.4. The van der Waals surface area contributed by atoms with Gasteiger partial charge in [-0.3, -0.25) is 9.69 Å². The van der Waals surface area contributed by atoms with Crippen molar-refractivity contribution in [3.63, 3.8) is 0 Å². The number of hydrogen-bond acceptors (Lipinski definition) is 2. The fourth-order valence-corrected chi connectivity index (χ4v) is 3.30. The molecule has 1 amide bonds. The first-order chi connectivity index (χ1) is 10.7. The van der Waals surface area contributed by atoms with Crippen molar-refractivity contribution in [2.45, 2.75) is 25.2 Å². The summed E-state index contributed by atoms with van der Waals surface area (Å²) in [6.45, 7) is 3.00. The van der Waals surface area contributed by atoms with E-state index in [1.807, 2.05) is 60.5 Å². The number of carbonyl (C=O) groups is 1. The number of amides is 1. The van der Waals surface area contributed by atoms with Crippen LogP contribution in [0.4, 0.5) is 11.4 Å². The van der Waals surface area contributed by atoms with Crippen LogP contribution in [-0.4, -0.2) is 19.5 Å². The Morgan fingerprint density at radius 1 is 1.04 bits per heavy atom. The highest BCUT2D eigenvalue weighted by atomic mass is 35.5. The van der Waals surface area contributed by atoms with E-state index in [1.54, 1.807) is 0 Å². The van der Waals surface area contributed by atoms with E-state index in [4.69, 9.17) is 0 Å². The second-order valence-electron chi connectivity index (χ2n) is 6.03. The van der Waals surface area contributed by atoms with Crippen LogP contribution in [0.1, 0.15) is 25.3 Å². The van der Waals surface area contributed by atoms with Crippen LogP contribution in [0.3, 0.4) is 0 Å². The van der Waals surface area contributed by atoms with E-state index in [0.29, 0.717) is 0 Å². The number of benzene rings is 2. The first kappa shape index (κ1) is 17.5. The van der Waals surface area contributed by atoms with Crippen molar-refractivity contribution in [1.82, 2.24) is 5.32 Å². The van der Waals surface area contributed by atoms with E-state index in [0.717, 1.165) is 36.3 Å². The van der Waals surface area contributed by atoms with Gasteiger partial charge in [-0.15, -0.1) is 12.4 Å². The Morgan fingerprint density at radius 3 is 2.39 bits per heavy atom. The van der Waals surface area contributed by atoms with E-state index in [2.05, 4.69) is 18.3 Å². The summed E-state index contributed by atoms with van der Waals surface area (Å²) >= 11 is 0. The summed E-state index contributed by atoms with van der Waals surface area (Å²) in [6, 6.07) is 18.1. The van der Waals surface area contributed by atoms with Gasteiger partial charge in [0.15, 0.2) is 0 Å². The van der Waals surface area contributed by atoms with Crippen molar-refractivity contribution in [2.75, 3.05) is 18.5 Å². The lowest BCUT2D eigenvalue weighted by molar-refractivity contribution is -0.122. The minimum atomic E-state index is -0.441. The standard InChI is InChI=1S/C19H22N2O.ClH/c1-19(13-8-14-20-2)16-11-6-7-12-17(16)21(18(19)22)15-9-4-3-5-10-15;/h3-7,9-12,20H,8,13-14H2,1-2H3;1H. The first-order valence-corrected chi connectivity index (χ1v) is 7.82. The van der Waals surface area contributed by atoms with Crippen LogP contribution in [0.25, 0.3) is 0 Å². The highest BCUT2D eigenvalue weighted by Crippen LogP contribution is 2.47. The molecule has 1 atom stereocenters. The van der Waals surface area contributed by atoms with Gasteiger partial charge in [0.1, 0.15) is 0 Å². The molecule has 0 aliphatic carbocycles. The smallest absolute Gasteiger partial charge is 0.241 e. The number of nitrogens with one attached hydrogen (secondary N) is 1. The number of para-hydroxylation sites is 2. The number of hydrogen-bond donors (Lipinski definition) is 1. The molecule has 2 aromatic rings. The van der Waals surface area contributed by atoms with Gasteiger partial charge in [-0.25, -0.2) is 0 Å². The Hall–Kier alpha value is -1.84. The second kappa shape index (κ2) is 7.16. The minimum absolute atomic E-state index is 0. The Bertz CT molecular complexity index is 674. The summed E-state index contributed by atoms with van der Waals surface area (Å²) in [5.41, 5.74) is 2.66. The van der Waals surface area contributed by atoms with Crippen LogP contribution in [-0.2, 0) is 10.2 Å². The van der Waals surface area contributed by atoms with Crippen molar-refractivity contribution in [1.29, 1.82) is 0 Å². The van der Waals surface area contributed by atoms with E-state index in [1.165, 1.54) is 0 Å². The molecule has 1 aliphatic rings. The second-order valence-corrected chi connectivity index (χ2v) is 6.03. The number of rotatable bonds is 5. The minimum Gasteiger partial charge on any atom is -0.320 e. The Labute approximate surface area is 144 Å². The molecule has 3 rings (SSSR count). The predicted octanol–water partition coefficient (Wildman–Crippen LogP) is 4.04. The molecule has 0 saturated heterocycles. The molecule has 1 aliphatic heterocycles. The molecule has 3 nitrogen and oxygen atoms in total. The Balaban J connectivity index is 0.00000192. The number of nitrogens with zero attached hydrogens (tertiary/aromatic N) is 1. The third-order valence-electron chi connectivity index (χ3n) is 4.53. The maximum Gasteiger partial charge on any atom is 0.241 e. The van der Waals surface area contributed by atoms with Crippen LogP contribution in [0.2, 0.25) is 0 Å². The molecule has 1 heterocycles. The largest absolute Gasteiger partial charge is 0.320 e. The molecule has 1 unspecified atom stereocenters. The molecule has 0 bridgehead atoms. The Kier molecular flexibility index (Phi) is 5.45. The molecular formula is C19H23ClN2O. The van der Waals surface area contributed by atoms with E-state index < -0.39 is 5.41 Å². The van der Waals surface area contributed by atoms with Crippen LogP contribution < -0.4 is 10.2 Å². The average molecular weight is 331 g/mol. The highest BCUT2D eigenvalue weighted by Gasteiger charge is 2.47. The molecule has 1 N–H and O–H groups in total. The first-order valence-electron chi connectivity index (χ1n) is 7.82. The molecule has 0 fully saturated rings. The van der Waals surface area contributed by atoms with Gasteiger partial charge in [-0.05, 0) is 57.1 Å². The highest BCUT2D eigenvalue weighted by molar-refractivity contribution is 6.12. The molecular weight excluding hydrogens is 308 g/mol.